The van der Waals surface area contributed by atoms with Crippen LogP contribution in [-0.4, -0.2) is 48.3 Å². The number of benzene rings is 3. The molecule has 0 aromatic heterocycles. The molecule has 2 aliphatic rings. The highest BCUT2D eigenvalue weighted by molar-refractivity contribution is 7.99. The molecule has 0 saturated carbocycles. The van der Waals surface area contributed by atoms with E-state index in [1.165, 1.54) is 11.1 Å². The molecule has 2 heterocycles. The van der Waals surface area contributed by atoms with Crippen LogP contribution in [0.15, 0.2) is 76.5 Å². The third-order valence-electron chi connectivity index (χ3n) is 6.59. The maximum Gasteiger partial charge on any atom is 0.164 e. The molecule has 3 aromatic rings. The van der Waals surface area contributed by atoms with E-state index < -0.39 is 0 Å². The van der Waals surface area contributed by atoms with E-state index in [4.69, 9.17) is 11.6 Å². The molecule has 33 heavy (non-hydrogen) atoms. The fourth-order valence-electron chi connectivity index (χ4n) is 4.77. The molecular weight excluding hydrogens is 455 g/mol. The molecule has 0 amide bonds. The number of carbonyl (C=O) groups excluding carboxylic acids is 1. The summed E-state index contributed by atoms with van der Waals surface area (Å²) in [4.78, 5) is 19.5. The van der Waals surface area contributed by atoms with Gasteiger partial charge < -0.3 is 4.90 Å². The van der Waals surface area contributed by atoms with Crippen molar-refractivity contribution in [1.82, 2.24) is 9.80 Å². The van der Waals surface area contributed by atoms with Gasteiger partial charge in [-0.15, -0.1) is 0 Å². The molecule has 3 aromatic carbocycles. The molecule has 5 rings (SSSR count). The Labute approximate surface area is 203 Å². The first-order chi connectivity index (χ1) is 16.1. The van der Waals surface area contributed by atoms with Crippen LogP contribution < -0.4 is 0 Å². The topological polar surface area (TPSA) is 23.6 Å². The van der Waals surface area contributed by atoms with Gasteiger partial charge in [0.2, 0.25) is 0 Å². The first-order valence-electron chi connectivity index (χ1n) is 11.4. The van der Waals surface area contributed by atoms with Crippen LogP contribution >= 0.6 is 23.4 Å². The normalized spacial score (nSPS) is 18.9. The van der Waals surface area contributed by atoms with E-state index in [0.29, 0.717) is 6.42 Å². The largest absolute Gasteiger partial charge is 0.300 e. The highest BCUT2D eigenvalue weighted by atomic mass is 35.5. The summed E-state index contributed by atoms with van der Waals surface area (Å²) in [5.41, 5.74) is 3.18. The number of rotatable bonds is 5. The van der Waals surface area contributed by atoms with Crippen LogP contribution in [0.4, 0.5) is 4.39 Å². The standard InChI is InChI=1S/C27H26ClFN2OS/c28-21-6-9-26-20(16-21)17-24(23-8-7-22(29)18-27(23)33-26)31-14-12-30(13-15-31)11-10-25(32)19-4-2-1-3-5-19/h1-9,16,18,24H,10-15,17H2. The number of hydrogen-bond acceptors (Lipinski definition) is 4. The van der Waals surface area contributed by atoms with Crippen molar-refractivity contribution in [2.75, 3.05) is 32.7 Å². The molecular formula is C27H26ClFN2OS. The molecule has 170 valence electrons. The molecule has 0 N–H and O–H groups in total. The summed E-state index contributed by atoms with van der Waals surface area (Å²) in [6, 6.07) is 20.9. The van der Waals surface area contributed by atoms with Gasteiger partial charge in [0.25, 0.3) is 0 Å². The Morgan fingerprint density at radius 1 is 0.970 bits per heavy atom. The third-order valence-corrected chi connectivity index (χ3v) is 8.02. The first kappa shape index (κ1) is 22.6. The van der Waals surface area contributed by atoms with E-state index in [0.717, 1.165) is 59.5 Å². The minimum atomic E-state index is -0.203. The average Bonchev–Trinajstić information content (AvgIpc) is 2.99. The van der Waals surface area contributed by atoms with Gasteiger partial charge in [-0.3, -0.25) is 9.69 Å². The first-order valence-corrected chi connectivity index (χ1v) is 12.6. The fraction of sp³-hybridized carbons (Fsp3) is 0.296. The smallest absolute Gasteiger partial charge is 0.164 e. The summed E-state index contributed by atoms with van der Waals surface area (Å²) in [7, 11) is 0. The lowest BCUT2D eigenvalue weighted by molar-refractivity contribution is 0.0839. The van der Waals surface area contributed by atoms with Crippen LogP contribution in [0, 0.1) is 5.82 Å². The molecule has 2 aliphatic heterocycles. The fourth-order valence-corrected chi connectivity index (χ4v) is 6.10. The summed E-state index contributed by atoms with van der Waals surface area (Å²) in [5.74, 6) is -0.00595. The van der Waals surface area contributed by atoms with Crippen LogP contribution in [0.5, 0.6) is 0 Å². The van der Waals surface area contributed by atoms with Crippen LogP contribution in [0.25, 0.3) is 0 Å². The van der Waals surface area contributed by atoms with Crippen molar-refractivity contribution in [2.24, 2.45) is 0 Å². The number of Topliss-reactive ketones (excluding diaryl/α,β-unsaturated/α-hetero) is 1. The van der Waals surface area contributed by atoms with Gasteiger partial charge in [-0.1, -0.05) is 59.8 Å². The van der Waals surface area contributed by atoms with E-state index in [2.05, 4.69) is 9.80 Å². The summed E-state index contributed by atoms with van der Waals surface area (Å²) in [6.07, 6.45) is 1.39. The highest BCUT2D eigenvalue weighted by Gasteiger charge is 2.30. The Morgan fingerprint density at radius 2 is 1.76 bits per heavy atom. The monoisotopic (exact) mass is 480 g/mol. The van der Waals surface area contributed by atoms with Gasteiger partial charge in [0.05, 0.1) is 0 Å². The van der Waals surface area contributed by atoms with E-state index in [1.54, 1.807) is 23.9 Å². The number of carbonyl (C=O) groups is 1. The van der Waals surface area contributed by atoms with Gasteiger partial charge in [0.15, 0.2) is 5.78 Å². The van der Waals surface area contributed by atoms with Crippen molar-refractivity contribution in [1.29, 1.82) is 0 Å². The van der Waals surface area contributed by atoms with Gasteiger partial charge in [-0.25, -0.2) is 4.39 Å². The third kappa shape index (κ3) is 5.17. The molecule has 0 radical (unpaired) electrons. The molecule has 1 saturated heterocycles. The molecule has 0 spiro atoms. The Balaban J connectivity index is 1.28. The van der Waals surface area contributed by atoms with Gasteiger partial charge in [0, 0.05) is 65.6 Å². The molecule has 0 bridgehead atoms. The minimum absolute atomic E-state index is 0.181. The summed E-state index contributed by atoms with van der Waals surface area (Å²) >= 11 is 7.94. The van der Waals surface area contributed by atoms with Gasteiger partial charge >= 0.3 is 0 Å². The van der Waals surface area contributed by atoms with Crippen molar-refractivity contribution in [3.63, 3.8) is 0 Å². The molecule has 0 aliphatic carbocycles. The maximum absolute atomic E-state index is 14.1. The Morgan fingerprint density at radius 3 is 2.55 bits per heavy atom. The zero-order chi connectivity index (χ0) is 22.8. The number of hydrogen-bond donors (Lipinski definition) is 0. The van der Waals surface area contributed by atoms with Crippen molar-refractivity contribution >= 4 is 29.1 Å². The lowest BCUT2D eigenvalue weighted by Gasteiger charge is -2.39. The molecule has 3 nitrogen and oxygen atoms in total. The van der Waals surface area contributed by atoms with Gasteiger partial charge in [0.1, 0.15) is 5.82 Å². The van der Waals surface area contributed by atoms with Gasteiger partial charge in [-0.2, -0.15) is 0 Å². The number of nitrogens with zero attached hydrogens (tertiary/aromatic N) is 2. The Bertz CT molecular complexity index is 1150. The second kappa shape index (κ2) is 9.98. The lowest BCUT2D eigenvalue weighted by Crippen LogP contribution is -2.48. The predicted octanol–water partition coefficient (Wildman–Crippen LogP) is 6.12. The Hall–Kier alpha value is -2.18. The molecule has 1 unspecified atom stereocenters. The van der Waals surface area contributed by atoms with E-state index >= 15 is 0 Å². The lowest BCUT2D eigenvalue weighted by atomic mass is 9.96. The van der Waals surface area contributed by atoms with Crippen molar-refractivity contribution in [2.45, 2.75) is 28.7 Å². The molecule has 1 atom stereocenters. The number of halogens is 2. The van der Waals surface area contributed by atoms with E-state index in [-0.39, 0.29) is 17.6 Å². The molecule has 1 fully saturated rings. The van der Waals surface area contributed by atoms with Crippen molar-refractivity contribution in [3.8, 4) is 0 Å². The molecule has 6 heteroatoms. The zero-order valence-corrected chi connectivity index (χ0v) is 19.9. The second-order valence-electron chi connectivity index (χ2n) is 8.67. The van der Waals surface area contributed by atoms with Crippen LogP contribution in [0.3, 0.4) is 0 Å². The van der Waals surface area contributed by atoms with Crippen molar-refractivity contribution < 1.29 is 9.18 Å². The number of piperazine rings is 1. The van der Waals surface area contributed by atoms with Crippen molar-refractivity contribution in [3.05, 3.63) is 94.3 Å². The SMILES string of the molecule is O=C(CCN1CCN(C2Cc3cc(Cl)ccc3Sc3cc(F)ccc32)CC1)c1ccccc1. The highest BCUT2D eigenvalue weighted by Crippen LogP contribution is 2.44. The minimum Gasteiger partial charge on any atom is -0.300 e. The van der Waals surface area contributed by atoms with E-state index in [1.807, 2.05) is 54.6 Å². The summed E-state index contributed by atoms with van der Waals surface area (Å²) in [5, 5.41) is 0.734. The van der Waals surface area contributed by atoms with Gasteiger partial charge in [-0.05, 0) is 47.9 Å². The second-order valence-corrected chi connectivity index (χ2v) is 10.2. The maximum atomic E-state index is 14.1. The van der Waals surface area contributed by atoms with Crippen LogP contribution in [0.2, 0.25) is 5.02 Å². The summed E-state index contributed by atoms with van der Waals surface area (Å²) < 4.78 is 14.1. The number of ketones is 1. The quantitative estimate of drug-likeness (QED) is 0.410. The average molecular weight is 481 g/mol. The Kier molecular flexibility index (Phi) is 6.84. The van der Waals surface area contributed by atoms with E-state index in [9.17, 15) is 9.18 Å². The zero-order valence-electron chi connectivity index (χ0n) is 18.3. The van der Waals surface area contributed by atoms with Crippen LogP contribution in [0.1, 0.15) is 33.9 Å². The summed E-state index contributed by atoms with van der Waals surface area (Å²) in [6.45, 7) is 4.46. The predicted molar refractivity (Wildman–Crippen MR) is 132 cm³/mol. The number of fused-ring (bicyclic) bond motifs is 2. The van der Waals surface area contributed by atoms with Crippen LogP contribution in [-0.2, 0) is 6.42 Å².